The van der Waals surface area contributed by atoms with E-state index in [1.807, 2.05) is 17.5 Å². The van der Waals surface area contributed by atoms with Crippen LogP contribution in [0.3, 0.4) is 0 Å². The predicted molar refractivity (Wildman–Crippen MR) is 79.7 cm³/mol. The second kappa shape index (κ2) is 5.76. The van der Waals surface area contributed by atoms with Crippen molar-refractivity contribution in [2.75, 3.05) is 13.3 Å². The fourth-order valence-electron chi connectivity index (χ4n) is 1.77. The van der Waals surface area contributed by atoms with Gasteiger partial charge in [0.15, 0.2) is 9.84 Å². The molecule has 2 rings (SSSR count). The van der Waals surface area contributed by atoms with Gasteiger partial charge in [0.1, 0.15) is 0 Å². The Labute approximate surface area is 122 Å². The summed E-state index contributed by atoms with van der Waals surface area (Å²) in [5, 5.41) is 1.97. The van der Waals surface area contributed by atoms with Gasteiger partial charge >= 0.3 is 0 Å². The summed E-state index contributed by atoms with van der Waals surface area (Å²) in [6.07, 6.45) is 1.15. The molecular formula is C14H15NO3S2. The molecule has 0 N–H and O–H groups in total. The lowest BCUT2D eigenvalue weighted by Crippen LogP contribution is -2.25. The molecule has 0 saturated heterocycles. The molecule has 0 spiro atoms. The van der Waals surface area contributed by atoms with Crippen molar-refractivity contribution < 1.29 is 13.2 Å². The van der Waals surface area contributed by atoms with E-state index in [2.05, 4.69) is 0 Å². The Balaban J connectivity index is 2.13. The Morgan fingerprint density at radius 2 is 1.85 bits per heavy atom. The SMILES string of the molecule is CN(Cc1cccs1)C(=O)c1ccc(S(C)(=O)=O)cc1. The van der Waals surface area contributed by atoms with Gasteiger partial charge in [-0.3, -0.25) is 4.79 Å². The molecule has 2 aromatic rings. The van der Waals surface area contributed by atoms with Gasteiger partial charge in [0, 0.05) is 23.7 Å². The first kappa shape index (κ1) is 14.7. The highest BCUT2D eigenvalue weighted by Gasteiger charge is 2.14. The van der Waals surface area contributed by atoms with E-state index in [0.717, 1.165) is 11.1 Å². The van der Waals surface area contributed by atoms with Crippen LogP contribution in [0.2, 0.25) is 0 Å². The fraction of sp³-hybridized carbons (Fsp3) is 0.214. The molecule has 0 aliphatic rings. The standard InChI is InChI=1S/C14H15NO3S2/c1-15(10-12-4-3-9-19-12)14(16)11-5-7-13(8-6-11)20(2,17)18/h3-9H,10H2,1-2H3. The number of carbonyl (C=O) groups is 1. The van der Waals surface area contributed by atoms with Crippen LogP contribution < -0.4 is 0 Å². The highest BCUT2D eigenvalue weighted by Crippen LogP contribution is 2.15. The van der Waals surface area contributed by atoms with Crippen molar-refractivity contribution in [1.82, 2.24) is 4.90 Å². The summed E-state index contributed by atoms with van der Waals surface area (Å²) in [6.45, 7) is 0.546. The molecule has 0 radical (unpaired) electrons. The third-order valence-electron chi connectivity index (χ3n) is 2.85. The molecule has 1 amide bonds. The van der Waals surface area contributed by atoms with Crippen molar-refractivity contribution in [3.63, 3.8) is 0 Å². The molecule has 0 aliphatic heterocycles. The Bertz CT molecular complexity index is 689. The molecule has 0 bridgehead atoms. The van der Waals surface area contributed by atoms with Gasteiger partial charge in [-0.1, -0.05) is 6.07 Å². The van der Waals surface area contributed by atoms with Crippen molar-refractivity contribution >= 4 is 27.1 Å². The quantitative estimate of drug-likeness (QED) is 0.871. The van der Waals surface area contributed by atoms with Crippen LogP contribution in [0.5, 0.6) is 0 Å². The molecule has 1 aromatic heterocycles. The van der Waals surface area contributed by atoms with Crippen LogP contribution in [-0.2, 0) is 16.4 Å². The maximum atomic E-state index is 12.2. The summed E-state index contributed by atoms with van der Waals surface area (Å²) < 4.78 is 22.7. The first-order valence-corrected chi connectivity index (χ1v) is 8.73. The molecule has 20 heavy (non-hydrogen) atoms. The van der Waals surface area contributed by atoms with Gasteiger partial charge in [-0.15, -0.1) is 11.3 Å². The molecular weight excluding hydrogens is 294 g/mol. The minimum absolute atomic E-state index is 0.126. The van der Waals surface area contributed by atoms with Gasteiger partial charge in [-0.25, -0.2) is 8.42 Å². The number of sulfone groups is 1. The number of benzene rings is 1. The minimum atomic E-state index is -3.23. The number of carbonyl (C=O) groups excluding carboxylic acids is 1. The molecule has 1 heterocycles. The van der Waals surface area contributed by atoms with E-state index in [1.54, 1.807) is 35.4 Å². The molecule has 0 unspecified atom stereocenters. The molecule has 0 atom stereocenters. The van der Waals surface area contributed by atoms with Gasteiger partial charge < -0.3 is 4.90 Å². The molecule has 0 aliphatic carbocycles. The number of hydrogen-bond acceptors (Lipinski definition) is 4. The number of nitrogens with zero attached hydrogens (tertiary/aromatic N) is 1. The lowest BCUT2D eigenvalue weighted by atomic mass is 10.2. The third kappa shape index (κ3) is 3.46. The topological polar surface area (TPSA) is 54.5 Å². The van der Waals surface area contributed by atoms with Crippen LogP contribution in [0.15, 0.2) is 46.7 Å². The second-order valence-corrected chi connectivity index (χ2v) is 7.59. The monoisotopic (exact) mass is 309 g/mol. The van der Waals surface area contributed by atoms with Crippen molar-refractivity contribution in [2.24, 2.45) is 0 Å². The Morgan fingerprint density at radius 1 is 1.20 bits per heavy atom. The van der Waals surface area contributed by atoms with E-state index < -0.39 is 9.84 Å². The summed E-state index contributed by atoms with van der Waals surface area (Å²) in [5.41, 5.74) is 0.483. The normalized spacial score (nSPS) is 11.3. The second-order valence-electron chi connectivity index (χ2n) is 4.54. The van der Waals surface area contributed by atoms with Gasteiger partial charge in [0.05, 0.1) is 11.4 Å². The van der Waals surface area contributed by atoms with Gasteiger partial charge in [-0.05, 0) is 35.7 Å². The zero-order valence-corrected chi connectivity index (χ0v) is 12.9. The van der Waals surface area contributed by atoms with Gasteiger partial charge in [-0.2, -0.15) is 0 Å². The van der Waals surface area contributed by atoms with Crippen molar-refractivity contribution in [2.45, 2.75) is 11.4 Å². The van der Waals surface area contributed by atoms with E-state index in [1.165, 1.54) is 12.1 Å². The highest BCUT2D eigenvalue weighted by atomic mass is 32.2. The molecule has 0 saturated carbocycles. The molecule has 106 valence electrons. The van der Waals surface area contributed by atoms with Crippen LogP contribution in [0.4, 0.5) is 0 Å². The summed E-state index contributed by atoms with van der Waals surface area (Å²) in [5.74, 6) is -0.126. The Kier molecular flexibility index (Phi) is 4.25. The minimum Gasteiger partial charge on any atom is -0.337 e. The maximum absolute atomic E-state index is 12.2. The third-order valence-corrected chi connectivity index (χ3v) is 4.84. The number of hydrogen-bond donors (Lipinski definition) is 0. The van der Waals surface area contributed by atoms with Crippen molar-refractivity contribution in [3.8, 4) is 0 Å². The van der Waals surface area contributed by atoms with Crippen LogP contribution >= 0.6 is 11.3 Å². The largest absolute Gasteiger partial charge is 0.337 e. The van der Waals surface area contributed by atoms with Crippen LogP contribution in [0, 0.1) is 0 Å². The Hall–Kier alpha value is -1.66. The number of amides is 1. The molecule has 1 aromatic carbocycles. The van der Waals surface area contributed by atoms with E-state index >= 15 is 0 Å². The summed E-state index contributed by atoms with van der Waals surface area (Å²) in [4.78, 5) is 15.1. The number of rotatable bonds is 4. The van der Waals surface area contributed by atoms with Crippen LogP contribution in [0.1, 0.15) is 15.2 Å². The number of thiophene rings is 1. The van der Waals surface area contributed by atoms with E-state index in [-0.39, 0.29) is 10.8 Å². The molecule has 0 fully saturated rings. The van der Waals surface area contributed by atoms with Crippen LogP contribution in [0.25, 0.3) is 0 Å². The zero-order chi connectivity index (χ0) is 14.8. The highest BCUT2D eigenvalue weighted by molar-refractivity contribution is 7.90. The van der Waals surface area contributed by atoms with E-state index in [9.17, 15) is 13.2 Å². The first-order chi connectivity index (χ1) is 9.38. The van der Waals surface area contributed by atoms with Gasteiger partial charge in [0.25, 0.3) is 5.91 Å². The smallest absolute Gasteiger partial charge is 0.253 e. The molecule has 4 nitrogen and oxygen atoms in total. The lowest BCUT2D eigenvalue weighted by molar-refractivity contribution is 0.0786. The van der Waals surface area contributed by atoms with Crippen molar-refractivity contribution in [3.05, 3.63) is 52.2 Å². The Morgan fingerprint density at radius 3 is 2.35 bits per heavy atom. The summed E-state index contributed by atoms with van der Waals surface area (Å²) in [7, 11) is -1.50. The summed E-state index contributed by atoms with van der Waals surface area (Å²) in [6, 6.07) is 9.93. The summed E-state index contributed by atoms with van der Waals surface area (Å²) >= 11 is 1.60. The maximum Gasteiger partial charge on any atom is 0.253 e. The average Bonchev–Trinajstić information content (AvgIpc) is 2.90. The van der Waals surface area contributed by atoms with Crippen LogP contribution in [-0.4, -0.2) is 32.5 Å². The zero-order valence-electron chi connectivity index (χ0n) is 11.2. The average molecular weight is 309 g/mol. The van der Waals surface area contributed by atoms with Crippen molar-refractivity contribution in [1.29, 1.82) is 0 Å². The first-order valence-electron chi connectivity index (χ1n) is 5.96. The molecule has 6 heteroatoms. The predicted octanol–water partition coefficient (Wildman–Crippen LogP) is 2.42. The fourth-order valence-corrected chi connectivity index (χ4v) is 3.16. The van der Waals surface area contributed by atoms with Gasteiger partial charge in [0.2, 0.25) is 0 Å². The lowest BCUT2D eigenvalue weighted by Gasteiger charge is -2.16. The van der Waals surface area contributed by atoms with E-state index in [4.69, 9.17) is 0 Å². The van der Waals surface area contributed by atoms with E-state index in [0.29, 0.717) is 12.1 Å².